The number of hydrogen-bond acceptors (Lipinski definition) is 4. The second-order valence-electron chi connectivity index (χ2n) is 5.07. The number of aryl methyl sites for hydroxylation is 1. The van der Waals surface area contributed by atoms with Crippen LogP contribution >= 0.6 is 0 Å². The van der Waals surface area contributed by atoms with Gasteiger partial charge in [0, 0.05) is 18.6 Å². The van der Waals surface area contributed by atoms with Gasteiger partial charge in [-0.3, -0.25) is 0 Å². The van der Waals surface area contributed by atoms with E-state index in [0.717, 1.165) is 24.6 Å². The summed E-state index contributed by atoms with van der Waals surface area (Å²) in [6.07, 6.45) is 2.55. The second-order valence-corrected chi connectivity index (χ2v) is 5.07. The quantitative estimate of drug-likeness (QED) is 0.861. The van der Waals surface area contributed by atoms with Gasteiger partial charge in [-0.2, -0.15) is 5.10 Å². The number of nitrogens with zero attached hydrogens (tertiary/aromatic N) is 3. The third-order valence-corrected chi connectivity index (χ3v) is 3.28. The van der Waals surface area contributed by atoms with Crippen molar-refractivity contribution < 1.29 is 0 Å². The van der Waals surface area contributed by atoms with E-state index in [-0.39, 0.29) is 0 Å². The maximum absolute atomic E-state index is 4.29. The van der Waals surface area contributed by atoms with Crippen LogP contribution in [0.5, 0.6) is 0 Å². The van der Waals surface area contributed by atoms with Gasteiger partial charge in [-0.15, -0.1) is 5.10 Å². The molecule has 1 aliphatic heterocycles. The van der Waals surface area contributed by atoms with Gasteiger partial charge < -0.3 is 10.2 Å². The van der Waals surface area contributed by atoms with E-state index in [1.54, 1.807) is 0 Å². The Morgan fingerprint density at radius 3 is 2.76 bits per heavy atom. The maximum atomic E-state index is 4.29. The summed E-state index contributed by atoms with van der Waals surface area (Å²) in [6, 6.07) is 5.15. The molecule has 0 spiro atoms. The molecule has 0 radical (unpaired) electrons. The fourth-order valence-electron chi connectivity index (χ4n) is 2.26. The van der Waals surface area contributed by atoms with Crippen LogP contribution in [0.25, 0.3) is 0 Å². The molecule has 4 nitrogen and oxygen atoms in total. The summed E-state index contributed by atoms with van der Waals surface area (Å²) in [5, 5.41) is 12.0. The van der Waals surface area contributed by atoms with Gasteiger partial charge in [0.2, 0.25) is 0 Å². The minimum absolute atomic E-state index is 0.453. The molecule has 1 unspecified atom stereocenters. The smallest absolute Gasteiger partial charge is 0.151 e. The van der Waals surface area contributed by atoms with Crippen molar-refractivity contribution in [2.45, 2.75) is 45.7 Å². The molecule has 1 aliphatic rings. The number of aromatic nitrogens is 2. The largest absolute Gasteiger partial charge is 0.351 e. The van der Waals surface area contributed by atoms with Gasteiger partial charge >= 0.3 is 0 Å². The van der Waals surface area contributed by atoms with E-state index in [4.69, 9.17) is 0 Å². The van der Waals surface area contributed by atoms with E-state index in [1.807, 2.05) is 13.0 Å². The van der Waals surface area contributed by atoms with E-state index in [2.05, 4.69) is 40.3 Å². The van der Waals surface area contributed by atoms with Crippen molar-refractivity contribution in [3.63, 3.8) is 0 Å². The van der Waals surface area contributed by atoms with E-state index < -0.39 is 0 Å². The highest BCUT2D eigenvalue weighted by atomic mass is 15.3. The molecule has 0 saturated carbocycles. The molecule has 1 atom stereocenters. The summed E-state index contributed by atoms with van der Waals surface area (Å²) < 4.78 is 0. The van der Waals surface area contributed by atoms with Crippen molar-refractivity contribution in [2.75, 3.05) is 18.0 Å². The molecule has 1 aromatic heterocycles. The molecule has 1 saturated heterocycles. The summed E-state index contributed by atoms with van der Waals surface area (Å²) >= 11 is 0. The van der Waals surface area contributed by atoms with E-state index in [9.17, 15) is 0 Å². The fourth-order valence-corrected chi connectivity index (χ4v) is 2.26. The Bertz CT molecular complexity index is 341. The minimum Gasteiger partial charge on any atom is -0.351 e. The van der Waals surface area contributed by atoms with Gasteiger partial charge in [-0.1, -0.05) is 0 Å². The Labute approximate surface area is 103 Å². The van der Waals surface area contributed by atoms with Crippen LogP contribution in [0, 0.1) is 6.92 Å². The Kier molecular flexibility index (Phi) is 3.94. The normalized spacial score (nSPS) is 19.9. The van der Waals surface area contributed by atoms with Crippen LogP contribution < -0.4 is 10.2 Å². The summed E-state index contributed by atoms with van der Waals surface area (Å²) in [6.45, 7) is 8.55. The van der Waals surface area contributed by atoms with E-state index in [0.29, 0.717) is 12.1 Å². The number of hydrogen-bond donors (Lipinski definition) is 1. The average molecular weight is 234 g/mol. The highest BCUT2D eigenvalue weighted by Crippen LogP contribution is 2.16. The zero-order chi connectivity index (χ0) is 12.3. The van der Waals surface area contributed by atoms with Crippen LogP contribution in [0.4, 0.5) is 5.82 Å². The van der Waals surface area contributed by atoms with Crippen LogP contribution in [-0.4, -0.2) is 35.4 Å². The first-order chi connectivity index (χ1) is 8.16. The lowest BCUT2D eigenvalue weighted by Crippen LogP contribution is -2.41. The molecule has 1 N–H and O–H groups in total. The zero-order valence-corrected chi connectivity index (χ0v) is 11.0. The first-order valence-corrected chi connectivity index (χ1v) is 6.47. The topological polar surface area (TPSA) is 41.0 Å². The van der Waals surface area contributed by atoms with Gasteiger partial charge in [-0.25, -0.2) is 0 Å². The monoisotopic (exact) mass is 234 g/mol. The Hall–Kier alpha value is -1.16. The Morgan fingerprint density at radius 2 is 2.24 bits per heavy atom. The first kappa shape index (κ1) is 12.3. The number of rotatable bonds is 4. The number of anilines is 1. The van der Waals surface area contributed by atoms with Gasteiger partial charge in [-0.05, 0) is 52.3 Å². The van der Waals surface area contributed by atoms with Crippen LogP contribution in [0.15, 0.2) is 12.1 Å². The van der Waals surface area contributed by atoms with Crippen molar-refractivity contribution in [3.8, 4) is 0 Å². The molecule has 0 aliphatic carbocycles. The first-order valence-electron chi connectivity index (χ1n) is 6.47. The lowest BCUT2D eigenvalue weighted by molar-refractivity contribution is 0.547. The lowest BCUT2D eigenvalue weighted by atomic mass is 10.2. The van der Waals surface area contributed by atoms with Gasteiger partial charge in [0.15, 0.2) is 5.82 Å². The molecule has 1 fully saturated rings. The lowest BCUT2D eigenvalue weighted by Gasteiger charge is -2.30. The summed E-state index contributed by atoms with van der Waals surface area (Å²) in [4.78, 5) is 2.33. The molecule has 0 amide bonds. The minimum atomic E-state index is 0.453. The van der Waals surface area contributed by atoms with Gasteiger partial charge in [0.1, 0.15) is 0 Å². The third kappa shape index (κ3) is 3.16. The van der Waals surface area contributed by atoms with Crippen molar-refractivity contribution in [3.05, 3.63) is 17.8 Å². The summed E-state index contributed by atoms with van der Waals surface area (Å²) in [5.41, 5.74) is 0.969. The van der Waals surface area contributed by atoms with E-state index >= 15 is 0 Å². The molecule has 17 heavy (non-hydrogen) atoms. The molecule has 94 valence electrons. The molecule has 0 aromatic carbocycles. The molecule has 4 heteroatoms. The van der Waals surface area contributed by atoms with Crippen molar-refractivity contribution in [1.82, 2.24) is 15.5 Å². The molecule has 0 bridgehead atoms. The summed E-state index contributed by atoms with van der Waals surface area (Å²) in [7, 11) is 0. The molecule has 2 rings (SSSR count). The van der Waals surface area contributed by atoms with Crippen LogP contribution in [-0.2, 0) is 0 Å². The predicted molar refractivity (Wildman–Crippen MR) is 70.3 cm³/mol. The zero-order valence-electron chi connectivity index (χ0n) is 11.0. The van der Waals surface area contributed by atoms with Gasteiger partial charge in [0.25, 0.3) is 0 Å². The van der Waals surface area contributed by atoms with Crippen molar-refractivity contribution in [1.29, 1.82) is 0 Å². The SMILES string of the molecule is Cc1ccc(N(CC2CCCN2)C(C)C)nn1. The Balaban J connectivity index is 2.08. The van der Waals surface area contributed by atoms with Crippen LogP contribution in [0.1, 0.15) is 32.4 Å². The van der Waals surface area contributed by atoms with Crippen molar-refractivity contribution >= 4 is 5.82 Å². The van der Waals surface area contributed by atoms with E-state index in [1.165, 1.54) is 12.8 Å². The van der Waals surface area contributed by atoms with Gasteiger partial charge in [0.05, 0.1) is 5.69 Å². The van der Waals surface area contributed by atoms with Crippen LogP contribution in [0.2, 0.25) is 0 Å². The second kappa shape index (κ2) is 5.45. The van der Waals surface area contributed by atoms with Crippen LogP contribution in [0.3, 0.4) is 0 Å². The Morgan fingerprint density at radius 1 is 1.41 bits per heavy atom. The predicted octanol–water partition coefficient (Wildman–Crippen LogP) is 1.75. The molecular weight excluding hydrogens is 212 g/mol. The molecular formula is C13H22N4. The molecule has 2 heterocycles. The maximum Gasteiger partial charge on any atom is 0.151 e. The average Bonchev–Trinajstić information content (AvgIpc) is 2.80. The van der Waals surface area contributed by atoms with Crippen molar-refractivity contribution in [2.24, 2.45) is 0 Å². The molecule has 1 aromatic rings. The summed E-state index contributed by atoms with van der Waals surface area (Å²) in [5.74, 6) is 0.985. The highest BCUT2D eigenvalue weighted by molar-refractivity contribution is 5.38. The third-order valence-electron chi connectivity index (χ3n) is 3.28. The fraction of sp³-hybridized carbons (Fsp3) is 0.692. The standard InChI is InChI=1S/C13H22N4/c1-10(2)17(9-12-5-4-8-14-12)13-7-6-11(3)15-16-13/h6-7,10,12,14H,4-5,8-9H2,1-3H3. The number of nitrogens with one attached hydrogen (secondary N) is 1. The highest BCUT2D eigenvalue weighted by Gasteiger charge is 2.20.